The molecule has 7 fully saturated rings. The van der Waals surface area contributed by atoms with Gasteiger partial charge in [-0.2, -0.15) is 0 Å². The molecule has 0 aromatic rings. The van der Waals surface area contributed by atoms with Gasteiger partial charge >= 0.3 is 5.97 Å². The number of carbonyl (C=O) groups excluding carboxylic acids is 2. The summed E-state index contributed by atoms with van der Waals surface area (Å²) in [5.41, 5.74) is 1.41. The van der Waals surface area contributed by atoms with E-state index in [0.717, 1.165) is 56.3 Å². The lowest BCUT2D eigenvalue weighted by Gasteiger charge is -2.60. The molecule has 0 bridgehead atoms. The Morgan fingerprint density at radius 1 is 0.738 bits per heavy atom. The zero-order valence-corrected chi connectivity index (χ0v) is 26.7. The molecule has 1 heterocycles. The summed E-state index contributed by atoms with van der Waals surface area (Å²) in [5, 5.41) is 21.3. The minimum atomic E-state index is -0.501. The van der Waals surface area contributed by atoms with Crippen LogP contribution in [0.1, 0.15) is 124 Å². The third kappa shape index (κ3) is 4.28. The molecule has 7 aliphatic carbocycles. The second-order valence-electron chi connectivity index (χ2n) is 17.2. The fourth-order valence-corrected chi connectivity index (χ4v) is 13.0. The van der Waals surface area contributed by atoms with Crippen LogP contribution in [0.4, 0.5) is 0 Å². The van der Waals surface area contributed by atoms with Crippen molar-refractivity contribution < 1.29 is 24.5 Å². The number of aliphatic hydroxyl groups is 2. The summed E-state index contributed by atoms with van der Waals surface area (Å²) in [7, 11) is 0. The van der Waals surface area contributed by atoms with Crippen LogP contribution in [0, 0.1) is 63.6 Å². The van der Waals surface area contributed by atoms with E-state index in [-0.39, 0.29) is 28.3 Å². The number of hydrogen-bond acceptors (Lipinski definition) is 5. The number of esters is 1. The fraction of sp³-hybridized carbons (Fsp3) is 0.892. The van der Waals surface area contributed by atoms with Crippen molar-refractivity contribution >= 4 is 11.8 Å². The van der Waals surface area contributed by atoms with E-state index in [9.17, 15) is 19.8 Å². The molecule has 0 spiro atoms. The molecule has 0 radical (unpaired) electrons. The van der Waals surface area contributed by atoms with E-state index in [4.69, 9.17) is 4.74 Å². The van der Waals surface area contributed by atoms with Crippen LogP contribution in [0.15, 0.2) is 11.6 Å². The van der Waals surface area contributed by atoms with Gasteiger partial charge in [0.15, 0.2) is 5.78 Å². The maximum Gasteiger partial charge on any atom is 0.306 e. The molecule has 0 aromatic carbocycles. The highest BCUT2D eigenvalue weighted by Crippen LogP contribution is 2.67. The first-order valence-electron chi connectivity index (χ1n) is 17.7. The van der Waals surface area contributed by atoms with Gasteiger partial charge in [-0.3, -0.25) is 9.59 Å². The predicted molar refractivity (Wildman–Crippen MR) is 162 cm³/mol. The van der Waals surface area contributed by atoms with Gasteiger partial charge in [-0.15, -0.1) is 0 Å². The lowest BCUT2D eigenvalue weighted by molar-refractivity contribution is -0.186. The number of aliphatic hydroxyl groups excluding tert-OH is 1. The van der Waals surface area contributed by atoms with Crippen molar-refractivity contribution in [2.45, 2.75) is 136 Å². The molecule has 5 heteroatoms. The third-order valence-electron chi connectivity index (χ3n) is 15.8. The maximum absolute atomic E-state index is 11.7. The standard InChI is InChI=1S/C19H30O3.C18H26O2/c1-17-11-22-16(20)10-12(17)4-5-13-14(17)6-8-18(2)15(13)7-9-19(18,3)21;1-18-9-8-14-13-5-3-12(19)10-11(13)2-4-15(14)16(18)6-7-17(18)20/h12-15,21H,4-11H2,1-3H3;10,13-17,20H,2-9H2,1H3/t12-,13+,14-,15-,17-,18-,19-;13-,14+,15+,16-,17-,18-/m00/s1. The first kappa shape index (κ1) is 29.5. The van der Waals surface area contributed by atoms with Crippen molar-refractivity contribution in [1.82, 2.24) is 0 Å². The minimum absolute atomic E-state index is 0.00497. The lowest BCUT2D eigenvalue weighted by Crippen LogP contribution is -2.57. The number of ether oxygens (including phenoxy) is 1. The number of hydrogen-bond donors (Lipinski definition) is 2. The van der Waals surface area contributed by atoms with Gasteiger partial charge in [0.2, 0.25) is 0 Å². The Morgan fingerprint density at radius 2 is 1.50 bits per heavy atom. The van der Waals surface area contributed by atoms with E-state index in [1.54, 1.807) is 0 Å². The molecular weight excluding hydrogens is 524 g/mol. The van der Waals surface area contributed by atoms with Crippen LogP contribution < -0.4 is 0 Å². The van der Waals surface area contributed by atoms with Crippen LogP contribution in [-0.4, -0.2) is 40.3 Å². The molecule has 6 saturated carbocycles. The topological polar surface area (TPSA) is 83.8 Å². The molecule has 13 atom stereocenters. The largest absolute Gasteiger partial charge is 0.465 e. The summed E-state index contributed by atoms with van der Waals surface area (Å²) in [6, 6.07) is 0. The number of fused-ring (bicyclic) bond motifs is 10. The molecular formula is C37H56O5. The first-order valence-corrected chi connectivity index (χ1v) is 17.7. The molecule has 1 aliphatic heterocycles. The summed E-state index contributed by atoms with van der Waals surface area (Å²) in [4.78, 5) is 23.3. The van der Waals surface area contributed by atoms with E-state index in [0.29, 0.717) is 48.4 Å². The van der Waals surface area contributed by atoms with Crippen LogP contribution in [0.25, 0.3) is 0 Å². The predicted octanol–water partition coefficient (Wildman–Crippen LogP) is 7.03. The Hall–Kier alpha value is -1.20. The number of carbonyl (C=O) groups is 2. The van der Waals surface area contributed by atoms with Gasteiger partial charge in [0, 0.05) is 18.3 Å². The van der Waals surface area contributed by atoms with Crippen LogP contribution in [0.3, 0.4) is 0 Å². The van der Waals surface area contributed by atoms with Crippen molar-refractivity contribution in [1.29, 1.82) is 0 Å². The quantitative estimate of drug-likeness (QED) is 0.301. The highest BCUT2D eigenvalue weighted by Gasteiger charge is 2.63. The molecule has 1 saturated heterocycles. The molecule has 5 nitrogen and oxygen atoms in total. The smallest absolute Gasteiger partial charge is 0.306 e. The van der Waals surface area contributed by atoms with E-state index in [1.807, 2.05) is 6.08 Å². The Balaban J connectivity index is 0.000000138. The zero-order valence-electron chi connectivity index (χ0n) is 26.7. The molecule has 8 aliphatic rings. The molecule has 0 amide bonds. The van der Waals surface area contributed by atoms with Crippen LogP contribution in [0.2, 0.25) is 0 Å². The minimum Gasteiger partial charge on any atom is -0.465 e. The Morgan fingerprint density at radius 3 is 2.31 bits per heavy atom. The van der Waals surface area contributed by atoms with Gasteiger partial charge in [0.25, 0.3) is 0 Å². The van der Waals surface area contributed by atoms with Crippen molar-refractivity contribution in [3.05, 3.63) is 11.6 Å². The fourth-order valence-electron chi connectivity index (χ4n) is 13.0. The van der Waals surface area contributed by atoms with E-state index >= 15 is 0 Å². The van der Waals surface area contributed by atoms with Gasteiger partial charge < -0.3 is 14.9 Å². The van der Waals surface area contributed by atoms with Crippen molar-refractivity contribution in [3.63, 3.8) is 0 Å². The van der Waals surface area contributed by atoms with Gasteiger partial charge in [-0.1, -0.05) is 26.3 Å². The highest BCUT2D eigenvalue weighted by atomic mass is 16.5. The second kappa shape index (κ2) is 10.2. The van der Waals surface area contributed by atoms with Crippen molar-refractivity contribution in [2.24, 2.45) is 63.6 Å². The third-order valence-corrected chi connectivity index (χ3v) is 15.8. The van der Waals surface area contributed by atoms with Gasteiger partial charge in [0.05, 0.1) is 18.3 Å². The Kier molecular flexibility index (Phi) is 7.14. The summed E-state index contributed by atoms with van der Waals surface area (Å²) >= 11 is 0. The number of allylic oxidation sites excluding steroid dienone is 1. The van der Waals surface area contributed by atoms with E-state index in [1.165, 1.54) is 56.9 Å². The molecule has 0 aromatic heterocycles. The van der Waals surface area contributed by atoms with Gasteiger partial charge in [-0.25, -0.2) is 0 Å². The molecule has 2 N–H and O–H groups in total. The molecule has 42 heavy (non-hydrogen) atoms. The maximum atomic E-state index is 11.7. The van der Waals surface area contributed by atoms with Crippen LogP contribution in [-0.2, 0) is 14.3 Å². The van der Waals surface area contributed by atoms with Gasteiger partial charge in [-0.05, 0) is 155 Å². The van der Waals surface area contributed by atoms with Crippen LogP contribution in [0.5, 0.6) is 0 Å². The SMILES string of the molecule is C[C@]12CC[C@H]3[C@@H](CCC4=CC(=O)CC[C@@H]43)[C@@H]1CC[C@@H]2O.C[C@]12COC(=O)C[C@@H]1CC[C@@H]1[C@@H]2CC[C@@]2(C)[C@H]1CC[C@]2(C)O. The number of cyclic esters (lactones) is 1. The average molecular weight is 581 g/mol. The molecule has 0 unspecified atom stereocenters. The van der Waals surface area contributed by atoms with Crippen molar-refractivity contribution in [3.8, 4) is 0 Å². The zero-order chi connectivity index (χ0) is 29.7. The average Bonchev–Trinajstić information content (AvgIpc) is 3.40. The summed E-state index contributed by atoms with van der Waals surface area (Å²) in [5.74, 6) is 5.93. The lowest BCUT2D eigenvalue weighted by atomic mass is 9.46. The highest BCUT2D eigenvalue weighted by molar-refractivity contribution is 5.91. The van der Waals surface area contributed by atoms with E-state index < -0.39 is 5.60 Å². The normalized spacial score (nSPS) is 54.4. The number of rotatable bonds is 0. The van der Waals surface area contributed by atoms with Crippen molar-refractivity contribution in [2.75, 3.05) is 6.61 Å². The van der Waals surface area contributed by atoms with E-state index in [2.05, 4.69) is 27.7 Å². The van der Waals surface area contributed by atoms with Crippen LogP contribution >= 0.6 is 0 Å². The summed E-state index contributed by atoms with van der Waals surface area (Å²) in [6.07, 6.45) is 18.3. The second-order valence-corrected chi connectivity index (χ2v) is 17.2. The molecule has 234 valence electrons. The Labute approximate surface area is 253 Å². The summed E-state index contributed by atoms with van der Waals surface area (Å²) in [6.45, 7) is 9.72. The Bertz CT molecular complexity index is 1140. The number of ketones is 1. The summed E-state index contributed by atoms with van der Waals surface area (Å²) < 4.78 is 5.49. The first-order chi connectivity index (χ1) is 19.9. The van der Waals surface area contributed by atoms with Gasteiger partial charge in [0.1, 0.15) is 0 Å². The molecule has 8 rings (SSSR count). The monoisotopic (exact) mass is 580 g/mol.